The topological polar surface area (TPSA) is 74.5 Å². The summed E-state index contributed by atoms with van der Waals surface area (Å²) in [5.41, 5.74) is 6.62. The molecule has 0 saturated carbocycles. The van der Waals surface area contributed by atoms with Crippen LogP contribution in [0.3, 0.4) is 0 Å². The van der Waals surface area contributed by atoms with Gasteiger partial charge in [-0.2, -0.15) is 10.4 Å². The molecule has 2 aromatic carbocycles. The molecule has 0 radical (unpaired) electrons. The molecule has 5 heteroatoms. The fraction of sp³-hybridized carbons (Fsp3) is 0.464. The molecule has 33 heavy (non-hydrogen) atoms. The Kier molecular flexibility index (Phi) is 9.22. The number of amides is 1. The molecule has 0 atom stereocenters. The maximum Gasteiger partial charge on any atom is 0.240 e. The molecular formula is C28H37N3O2. The van der Waals surface area contributed by atoms with E-state index in [2.05, 4.69) is 76.3 Å². The van der Waals surface area contributed by atoms with Crippen molar-refractivity contribution < 1.29 is 9.53 Å². The average Bonchev–Trinajstić information content (AvgIpc) is 2.82. The Labute approximate surface area is 198 Å². The van der Waals surface area contributed by atoms with Crippen molar-refractivity contribution in [3.63, 3.8) is 0 Å². The molecule has 1 N–H and O–H groups in total. The first-order valence-electron chi connectivity index (χ1n) is 11.7. The first-order valence-corrected chi connectivity index (χ1v) is 11.7. The summed E-state index contributed by atoms with van der Waals surface area (Å²) < 4.78 is 6.13. The van der Waals surface area contributed by atoms with E-state index in [4.69, 9.17) is 10.00 Å². The Morgan fingerprint density at radius 2 is 1.73 bits per heavy atom. The first kappa shape index (κ1) is 26.1. The van der Waals surface area contributed by atoms with Gasteiger partial charge in [-0.1, -0.05) is 65.8 Å². The van der Waals surface area contributed by atoms with Gasteiger partial charge in [-0.15, -0.1) is 0 Å². The van der Waals surface area contributed by atoms with E-state index < -0.39 is 0 Å². The SMILES string of the molecule is CCC(C)(C)c1ccc(OCCCC(=O)N/N=C/c2ccc(C#N)cc2)c(C(C)(C)CC)c1. The molecule has 1 amide bonds. The predicted molar refractivity (Wildman–Crippen MR) is 135 cm³/mol. The van der Waals surface area contributed by atoms with E-state index in [1.807, 2.05) is 0 Å². The number of nitrogens with zero attached hydrogens (tertiary/aromatic N) is 2. The van der Waals surface area contributed by atoms with Gasteiger partial charge in [0.25, 0.3) is 0 Å². The number of rotatable bonds is 11. The highest BCUT2D eigenvalue weighted by Gasteiger charge is 2.26. The highest BCUT2D eigenvalue weighted by Crippen LogP contribution is 2.38. The van der Waals surface area contributed by atoms with Crippen LogP contribution in [-0.2, 0) is 15.6 Å². The molecule has 0 aliphatic rings. The van der Waals surface area contributed by atoms with E-state index in [1.54, 1.807) is 30.5 Å². The van der Waals surface area contributed by atoms with Gasteiger partial charge < -0.3 is 4.74 Å². The van der Waals surface area contributed by atoms with E-state index in [1.165, 1.54) is 11.1 Å². The van der Waals surface area contributed by atoms with Crippen LogP contribution in [-0.4, -0.2) is 18.7 Å². The van der Waals surface area contributed by atoms with E-state index in [-0.39, 0.29) is 16.7 Å². The minimum atomic E-state index is -0.155. The summed E-state index contributed by atoms with van der Waals surface area (Å²) in [7, 11) is 0. The van der Waals surface area contributed by atoms with Crippen LogP contribution in [0, 0.1) is 11.3 Å². The van der Waals surface area contributed by atoms with Crippen LogP contribution in [0.5, 0.6) is 5.75 Å². The smallest absolute Gasteiger partial charge is 0.240 e. The number of ether oxygens (including phenoxy) is 1. The number of hydrazone groups is 1. The van der Waals surface area contributed by atoms with Crippen LogP contribution >= 0.6 is 0 Å². The Morgan fingerprint density at radius 1 is 1.06 bits per heavy atom. The zero-order chi connectivity index (χ0) is 24.5. The van der Waals surface area contributed by atoms with Gasteiger partial charge in [0.15, 0.2) is 0 Å². The van der Waals surface area contributed by atoms with Gasteiger partial charge in [-0.05, 0) is 59.4 Å². The number of nitrogens with one attached hydrogen (secondary N) is 1. The minimum Gasteiger partial charge on any atom is -0.493 e. The molecule has 0 heterocycles. The fourth-order valence-electron chi connectivity index (χ4n) is 3.29. The zero-order valence-corrected chi connectivity index (χ0v) is 20.9. The van der Waals surface area contributed by atoms with Gasteiger partial charge >= 0.3 is 0 Å². The van der Waals surface area contributed by atoms with Gasteiger partial charge in [-0.3, -0.25) is 4.79 Å². The maximum absolute atomic E-state index is 12.1. The molecule has 5 nitrogen and oxygen atoms in total. The molecule has 0 fully saturated rings. The number of hydrogen-bond donors (Lipinski definition) is 1. The number of nitriles is 1. The van der Waals surface area contributed by atoms with Crippen molar-refractivity contribution in [3.05, 3.63) is 64.7 Å². The van der Waals surface area contributed by atoms with Crippen LogP contribution in [0.4, 0.5) is 0 Å². The monoisotopic (exact) mass is 447 g/mol. The molecular weight excluding hydrogens is 410 g/mol. The first-order chi connectivity index (χ1) is 15.6. The van der Waals surface area contributed by atoms with Crippen molar-refractivity contribution in [2.45, 2.75) is 78.1 Å². The van der Waals surface area contributed by atoms with Crippen molar-refractivity contribution in [2.75, 3.05) is 6.61 Å². The molecule has 0 bridgehead atoms. The van der Waals surface area contributed by atoms with E-state index >= 15 is 0 Å². The summed E-state index contributed by atoms with van der Waals surface area (Å²) >= 11 is 0. The van der Waals surface area contributed by atoms with Crippen molar-refractivity contribution in [1.82, 2.24) is 5.43 Å². The largest absolute Gasteiger partial charge is 0.493 e. The molecule has 0 aromatic heterocycles. The second-order valence-corrected chi connectivity index (χ2v) is 9.66. The van der Waals surface area contributed by atoms with E-state index in [9.17, 15) is 4.79 Å². The van der Waals surface area contributed by atoms with Crippen LogP contribution in [0.1, 0.15) is 89.5 Å². The van der Waals surface area contributed by atoms with Crippen molar-refractivity contribution in [1.29, 1.82) is 5.26 Å². The Balaban J connectivity index is 1.91. The van der Waals surface area contributed by atoms with Crippen LogP contribution in [0.25, 0.3) is 0 Å². The molecule has 0 unspecified atom stereocenters. The van der Waals surface area contributed by atoms with Crippen LogP contribution < -0.4 is 10.2 Å². The molecule has 176 valence electrons. The summed E-state index contributed by atoms with van der Waals surface area (Å²) in [6.07, 6.45) is 4.58. The minimum absolute atomic E-state index is 0.00664. The zero-order valence-electron chi connectivity index (χ0n) is 20.9. The Morgan fingerprint density at radius 3 is 2.33 bits per heavy atom. The van der Waals surface area contributed by atoms with Gasteiger partial charge in [-0.25, -0.2) is 5.43 Å². The quantitative estimate of drug-likeness (QED) is 0.252. The number of hydrogen-bond acceptors (Lipinski definition) is 4. The molecule has 0 aliphatic heterocycles. The maximum atomic E-state index is 12.1. The number of carbonyl (C=O) groups is 1. The van der Waals surface area contributed by atoms with Crippen molar-refractivity contribution >= 4 is 12.1 Å². The van der Waals surface area contributed by atoms with Gasteiger partial charge in [0.1, 0.15) is 5.75 Å². The van der Waals surface area contributed by atoms with Gasteiger partial charge in [0.2, 0.25) is 5.91 Å². The average molecular weight is 448 g/mol. The summed E-state index contributed by atoms with van der Waals surface area (Å²) in [4.78, 5) is 12.1. The summed E-state index contributed by atoms with van der Waals surface area (Å²) in [5, 5.41) is 12.8. The third-order valence-electron chi connectivity index (χ3n) is 6.51. The van der Waals surface area contributed by atoms with Crippen molar-refractivity contribution in [3.8, 4) is 11.8 Å². The molecule has 0 aliphatic carbocycles. The standard InChI is InChI=1S/C28H37N3O2/c1-7-27(3,4)23-15-16-25(24(18-23)28(5,6)8-2)33-17-9-10-26(32)31-30-20-22-13-11-21(19-29)12-14-22/h11-16,18,20H,7-10,17H2,1-6H3,(H,31,32)/b30-20+. The summed E-state index contributed by atoms with van der Waals surface area (Å²) in [6, 6.07) is 15.6. The summed E-state index contributed by atoms with van der Waals surface area (Å²) in [6.45, 7) is 13.9. The highest BCUT2D eigenvalue weighted by molar-refractivity contribution is 5.82. The summed E-state index contributed by atoms with van der Waals surface area (Å²) in [5.74, 6) is 0.745. The predicted octanol–water partition coefficient (Wildman–Crippen LogP) is 6.24. The lowest BCUT2D eigenvalue weighted by Crippen LogP contribution is -2.21. The lowest BCUT2D eigenvalue weighted by atomic mass is 9.76. The number of carbonyl (C=O) groups excluding carboxylic acids is 1. The third-order valence-corrected chi connectivity index (χ3v) is 6.51. The lowest BCUT2D eigenvalue weighted by molar-refractivity contribution is -0.121. The van der Waals surface area contributed by atoms with Crippen LogP contribution in [0.15, 0.2) is 47.6 Å². The Hall–Kier alpha value is -3.13. The fourth-order valence-corrected chi connectivity index (χ4v) is 3.29. The van der Waals surface area contributed by atoms with Gasteiger partial charge in [0, 0.05) is 12.0 Å². The van der Waals surface area contributed by atoms with Gasteiger partial charge in [0.05, 0.1) is 24.5 Å². The Bertz CT molecular complexity index is 999. The molecule has 0 saturated heterocycles. The molecule has 2 rings (SSSR count). The highest BCUT2D eigenvalue weighted by atomic mass is 16.5. The lowest BCUT2D eigenvalue weighted by Gasteiger charge is -2.30. The van der Waals surface area contributed by atoms with E-state index in [0.29, 0.717) is 25.0 Å². The second-order valence-electron chi connectivity index (χ2n) is 9.66. The molecule has 2 aromatic rings. The number of benzene rings is 2. The van der Waals surface area contributed by atoms with E-state index in [0.717, 1.165) is 24.2 Å². The normalized spacial score (nSPS) is 11.9. The van der Waals surface area contributed by atoms with Crippen molar-refractivity contribution in [2.24, 2.45) is 5.10 Å². The third kappa shape index (κ3) is 7.46. The molecule has 0 spiro atoms. The van der Waals surface area contributed by atoms with Crippen LogP contribution in [0.2, 0.25) is 0 Å². The second kappa shape index (κ2) is 11.7.